The molecule has 2 aromatic carbocycles. The van der Waals surface area contributed by atoms with Gasteiger partial charge in [-0.15, -0.1) is 0 Å². The highest BCUT2D eigenvalue weighted by Gasteiger charge is 2.25. The molecule has 4 rings (SSSR count). The Morgan fingerprint density at radius 3 is 2.64 bits per heavy atom. The lowest BCUT2D eigenvalue weighted by Crippen LogP contribution is -2.06. The Labute approximate surface area is 158 Å². The van der Waals surface area contributed by atoms with Gasteiger partial charge >= 0.3 is 5.97 Å². The number of aromatic nitrogens is 3. The number of carbonyl (C=O) groups is 1. The van der Waals surface area contributed by atoms with Crippen molar-refractivity contribution in [1.82, 2.24) is 14.8 Å². The minimum Gasteiger partial charge on any atom is -0.402 e. The molecule has 1 aliphatic rings. The molecule has 0 atom stereocenters. The first kappa shape index (κ1) is 17.3. The maximum absolute atomic E-state index is 12.1. The first-order valence-electron chi connectivity index (χ1n) is 8.24. The molecule has 0 amide bonds. The van der Waals surface area contributed by atoms with Crippen molar-refractivity contribution in [3.05, 3.63) is 87.6 Å². The average Bonchev–Trinajstić information content (AvgIpc) is 3.33. The second-order valence-corrected chi connectivity index (χ2v) is 6.03. The van der Waals surface area contributed by atoms with E-state index in [1.54, 1.807) is 36.1 Å². The lowest BCUT2D eigenvalue weighted by Gasteiger charge is -2.01. The number of cyclic esters (lactones) is 1. The van der Waals surface area contributed by atoms with Gasteiger partial charge in [0.2, 0.25) is 5.90 Å². The molecule has 138 valence electrons. The summed E-state index contributed by atoms with van der Waals surface area (Å²) in [6, 6.07) is 11.8. The number of carbonyl (C=O) groups excluding carboxylic acids is 1. The Morgan fingerprint density at radius 2 is 1.96 bits per heavy atom. The molecule has 0 N–H and O–H groups in total. The van der Waals surface area contributed by atoms with Crippen LogP contribution in [0.5, 0.6) is 0 Å². The first-order valence-corrected chi connectivity index (χ1v) is 8.24. The standard InChI is InChI=1S/C19H13N5O4/c1-12-2-5-14(9-17(12)24(26)27)18-22-16(19(25)28-18)8-13-3-6-15(7-4-13)23-11-20-10-21-23/h2-11H,1H3/b16-8-. The van der Waals surface area contributed by atoms with Crippen molar-refractivity contribution in [3.8, 4) is 5.69 Å². The van der Waals surface area contributed by atoms with Crippen LogP contribution in [0.3, 0.4) is 0 Å². The Balaban J connectivity index is 1.62. The van der Waals surface area contributed by atoms with E-state index in [0.717, 1.165) is 11.3 Å². The normalized spacial score (nSPS) is 14.8. The number of aryl methyl sites for hydroxylation is 1. The number of benzene rings is 2. The van der Waals surface area contributed by atoms with Crippen LogP contribution in [0.25, 0.3) is 11.8 Å². The highest BCUT2D eigenvalue weighted by Crippen LogP contribution is 2.24. The van der Waals surface area contributed by atoms with Gasteiger partial charge in [0.15, 0.2) is 5.70 Å². The van der Waals surface area contributed by atoms with Crippen LogP contribution < -0.4 is 0 Å². The molecule has 9 nitrogen and oxygen atoms in total. The van der Waals surface area contributed by atoms with Gasteiger partial charge in [0.1, 0.15) is 12.7 Å². The summed E-state index contributed by atoms with van der Waals surface area (Å²) in [6.07, 6.45) is 4.61. The van der Waals surface area contributed by atoms with Gasteiger partial charge in [-0.05, 0) is 36.8 Å². The molecule has 0 radical (unpaired) electrons. The van der Waals surface area contributed by atoms with E-state index >= 15 is 0 Å². The molecule has 9 heteroatoms. The van der Waals surface area contributed by atoms with Gasteiger partial charge in [0.25, 0.3) is 5.69 Å². The number of nitro benzene ring substituents is 1. The molecule has 0 spiro atoms. The van der Waals surface area contributed by atoms with Gasteiger partial charge in [0.05, 0.1) is 10.6 Å². The van der Waals surface area contributed by atoms with E-state index in [4.69, 9.17) is 4.74 Å². The van der Waals surface area contributed by atoms with Crippen LogP contribution in [-0.2, 0) is 9.53 Å². The largest absolute Gasteiger partial charge is 0.402 e. The van der Waals surface area contributed by atoms with Gasteiger partial charge in [0, 0.05) is 17.2 Å². The van der Waals surface area contributed by atoms with Crippen LogP contribution in [0.2, 0.25) is 0 Å². The molecule has 0 bridgehead atoms. The maximum atomic E-state index is 12.1. The van der Waals surface area contributed by atoms with Crippen molar-refractivity contribution in [3.63, 3.8) is 0 Å². The van der Waals surface area contributed by atoms with Crippen LogP contribution in [0.1, 0.15) is 16.7 Å². The third-order valence-electron chi connectivity index (χ3n) is 4.15. The predicted molar refractivity (Wildman–Crippen MR) is 99.8 cm³/mol. The zero-order valence-corrected chi connectivity index (χ0v) is 14.6. The van der Waals surface area contributed by atoms with Crippen LogP contribution >= 0.6 is 0 Å². The molecule has 2 heterocycles. The first-order chi connectivity index (χ1) is 13.5. The zero-order valence-electron chi connectivity index (χ0n) is 14.6. The minimum absolute atomic E-state index is 0.0404. The molecular formula is C19H13N5O4. The summed E-state index contributed by atoms with van der Waals surface area (Å²) in [5.74, 6) is -0.572. The highest BCUT2D eigenvalue weighted by atomic mass is 16.6. The number of nitro groups is 1. The van der Waals surface area contributed by atoms with E-state index in [1.807, 2.05) is 24.3 Å². The van der Waals surface area contributed by atoms with Crippen molar-refractivity contribution in [2.24, 2.45) is 4.99 Å². The molecule has 1 aliphatic heterocycles. The summed E-state index contributed by atoms with van der Waals surface area (Å²) in [4.78, 5) is 30.9. The minimum atomic E-state index is -0.612. The van der Waals surface area contributed by atoms with Gasteiger partial charge in [-0.2, -0.15) is 5.10 Å². The van der Waals surface area contributed by atoms with Crippen LogP contribution in [0, 0.1) is 17.0 Å². The lowest BCUT2D eigenvalue weighted by atomic mass is 10.1. The van der Waals surface area contributed by atoms with Crippen LogP contribution in [0.4, 0.5) is 5.69 Å². The fourth-order valence-electron chi connectivity index (χ4n) is 2.69. The summed E-state index contributed by atoms with van der Waals surface area (Å²) in [6.45, 7) is 1.64. The average molecular weight is 375 g/mol. The number of hydrogen-bond acceptors (Lipinski definition) is 7. The monoisotopic (exact) mass is 375 g/mol. The smallest absolute Gasteiger partial charge is 0.363 e. The van der Waals surface area contributed by atoms with Crippen molar-refractivity contribution in [1.29, 1.82) is 0 Å². The number of ether oxygens (including phenoxy) is 1. The molecule has 0 fully saturated rings. The second-order valence-electron chi connectivity index (χ2n) is 6.03. The SMILES string of the molecule is Cc1ccc(C2=N/C(=C\c3ccc(-n4cncn4)cc3)C(=O)O2)cc1[N+](=O)[O-]. The third-order valence-corrected chi connectivity index (χ3v) is 4.15. The van der Waals surface area contributed by atoms with Crippen molar-refractivity contribution < 1.29 is 14.5 Å². The molecule has 3 aromatic rings. The van der Waals surface area contributed by atoms with E-state index in [1.165, 1.54) is 12.4 Å². The predicted octanol–water partition coefficient (Wildman–Crippen LogP) is 2.83. The van der Waals surface area contributed by atoms with Gasteiger partial charge < -0.3 is 4.74 Å². The van der Waals surface area contributed by atoms with Crippen LogP contribution in [-0.4, -0.2) is 31.6 Å². The Hall–Kier alpha value is -4.14. The number of aliphatic imine (C=N–C) groups is 1. The summed E-state index contributed by atoms with van der Waals surface area (Å²) in [5.41, 5.74) is 2.52. The van der Waals surface area contributed by atoms with E-state index < -0.39 is 10.9 Å². The maximum Gasteiger partial charge on any atom is 0.363 e. The van der Waals surface area contributed by atoms with Crippen molar-refractivity contribution >= 4 is 23.6 Å². The molecular weight excluding hydrogens is 362 g/mol. The third kappa shape index (κ3) is 3.28. The molecule has 28 heavy (non-hydrogen) atoms. The molecule has 0 aliphatic carbocycles. The summed E-state index contributed by atoms with van der Waals surface area (Å²) in [7, 11) is 0. The Morgan fingerprint density at radius 1 is 1.18 bits per heavy atom. The zero-order chi connectivity index (χ0) is 19.7. The lowest BCUT2D eigenvalue weighted by molar-refractivity contribution is -0.385. The second kappa shape index (κ2) is 6.88. The summed E-state index contributed by atoms with van der Waals surface area (Å²) < 4.78 is 6.80. The molecule has 0 unspecified atom stereocenters. The number of rotatable bonds is 4. The van der Waals surface area contributed by atoms with Gasteiger partial charge in [-0.1, -0.05) is 18.2 Å². The van der Waals surface area contributed by atoms with E-state index in [0.29, 0.717) is 11.1 Å². The van der Waals surface area contributed by atoms with Crippen LogP contribution in [0.15, 0.2) is 65.8 Å². The van der Waals surface area contributed by atoms with Crippen molar-refractivity contribution in [2.75, 3.05) is 0 Å². The summed E-state index contributed by atoms with van der Waals surface area (Å²) >= 11 is 0. The topological polar surface area (TPSA) is 113 Å². The molecule has 1 aromatic heterocycles. The number of nitrogens with zero attached hydrogens (tertiary/aromatic N) is 5. The van der Waals surface area contributed by atoms with E-state index in [2.05, 4.69) is 15.1 Å². The van der Waals surface area contributed by atoms with Gasteiger partial charge in [-0.25, -0.2) is 19.5 Å². The highest BCUT2D eigenvalue weighted by molar-refractivity contribution is 6.13. The Bertz CT molecular complexity index is 1130. The molecule has 0 saturated heterocycles. The van der Waals surface area contributed by atoms with E-state index in [9.17, 15) is 14.9 Å². The Kier molecular flexibility index (Phi) is 4.24. The fourth-order valence-corrected chi connectivity index (χ4v) is 2.69. The number of esters is 1. The fraction of sp³-hybridized carbons (Fsp3) is 0.0526. The molecule has 0 saturated carbocycles. The summed E-state index contributed by atoms with van der Waals surface area (Å²) in [5, 5.41) is 15.2. The van der Waals surface area contributed by atoms with Gasteiger partial charge in [-0.3, -0.25) is 10.1 Å². The quantitative estimate of drug-likeness (QED) is 0.300. The number of hydrogen-bond donors (Lipinski definition) is 0. The van der Waals surface area contributed by atoms with E-state index in [-0.39, 0.29) is 17.3 Å². The van der Waals surface area contributed by atoms with Crippen molar-refractivity contribution in [2.45, 2.75) is 6.92 Å².